The molecular weight excluding hydrogens is 188 g/mol. The first-order valence-electron chi connectivity index (χ1n) is 6.07. The predicted octanol–water partition coefficient (Wildman–Crippen LogP) is 1.34. The zero-order chi connectivity index (χ0) is 11.1. The van der Waals surface area contributed by atoms with Crippen molar-refractivity contribution in [1.82, 2.24) is 10.3 Å². The number of piperidine rings is 1. The summed E-state index contributed by atoms with van der Waals surface area (Å²) in [5.41, 5.74) is 2.73. The van der Waals surface area contributed by atoms with Crippen LogP contribution in [0.4, 0.5) is 0 Å². The van der Waals surface area contributed by atoms with Crippen LogP contribution >= 0.6 is 0 Å². The Hall–Kier alpha value is -0.770. The highest BCUT2D eigenvalue weighted by molar-refractivity contribution is 5.79. The van der Waals surface area contributed by atoms with Gasteiger partial charge in [-0.05, 0) is 25.2 Å². The minimum atomic E-state index is 0.805. The van der Waals surface area contributed by atoms with E-state index in [1.807, 2.05) is 0 Å². The molecule has 0 saturated carbocycles. The van der Waals surface area contributed by atoms with Crippen molar-refractivity contribution in [3.63, 3.8) is 0 Å². The predicted molar refractivity (Wildman–Crippen MR) is 64.5 cm³/mol. The molecule has 0 aromatic carbocycles. The molecule has 0 bridgehead atoms. The molecule has 3 N–H and O–H groups in total. The molecule has 1 saturated heterocycles. The van der Waals surface area contributed by atoms with Gasteiger partial charge in [0.25, 0.3) is 0 Å². The third kappa shape index (κ3) is 3.70. The lowest BCUT2D eigenvalue weighted by Crippen LogP contribution is -2.49. The van der Waals surface area contributed by atoms with E-state index in [2.05, 4.69) is 29.2 Å². The Morgan fingerprint density at radius 1 is 1.53 bits per heavy atom. The average molecular weight is 212 g/mol. The highest BCUT2D eigenvalue weighted by Gasteiger charge is 2.20. The van der Waals surface area contributed by atoms with Crippen molar-refractivity contribution >= 4 is 5.96 Å². The summed E-state index contributed by atoms with van der Waals surface area (Å²) in [5.74, 6) is 7.18. The topological polar surface area (TPSA) is 53.6 Å². The molecule has 4 heteroatoms. The molecule has 4 nitrogen and oxygen atoms in total. The molecule has 0 amide bonds. The largest absolute Gasteiger partial charge is 0.342 e. The van der Waals surface area contributed by atoms with Crippen LogP contribution in [-0.4, -0.2) is 30.5 Å². The first-order valence-corrected chi connectivity index (χ1v) is 6.07. The fraction of sp³-hybridized carbons (Fsp3) is 0.909. The Bertz CT molecular complexity index is 203. The third-order valence-electron chi connectivity index (χ3n) is 3.01. The number of hydrogen-bond donors (Lipinski definition) is 2. The van der Waals surface area contributed by atoms with Gasteiger partial charge in [0.05, 0.1) is 0 Å². The number of hydrogen-bond acceptors (Lipinski definition) is 2. The van der Waals surface area contributed by atoms with Crippen LogP contribution in [0.15, 0.2) is 4.99 Å². The van der Waals surface area contributed by atoms with Crippen molar-refractivity contribution in [3.05, 3.63) is 0 Å². The van der Waals surface area contributed by atoms with E-state index in [1.165, 1.54) is 19.3 Å². The lowest BCUT2D eigenvalue weighted by atomic mass is 9.96. The van der Waals surface area contributed by atoms with E-state index in [4.69, 9.17) is 5.84 Å². The molecule has 1 aliphatic rings. The minimum absolute atomic E-state index is 0.805. The van der Waals surface area contributed by atoms with Crippen molar-refractivity contribution in [1.29, 1.82) is 0 Å². The van der Waals surface area contributed by atoms with Crippen LogP contribution in [0.5, 0.6) is 0 Å². The molecule has 1 unspecified atom stereocenters. The van der Waals surface area contributed by atoms with E-state index in [1.54, 1.807) is 0 Å². The number of nitrogens with two attached hydrogens (primary N) is 1. The fourth-order valence-corrected chi connectivity index (χ4v) is 2.05. The molecule has 1 rings (SSSR count). The van der Waals surface area contributed by atoms with Crippen molar-refractivity contribution < 1.29 is 0 Å². The minimum Gasteiger partial charge on any atom is -0.342 e. The van der Waals surface area contributed by atoms with Crippen LogP contribution < -0.4 is 11.3 Å². The number of likely N-dealkylation sites (tertiary alicyclic amines) is 1. The maximum absolute atomic E-state index is 5.51. The van der Waals surface area contributed by atoms with Gasteiger partial charge in [0.15, 0.2) is 0 Å². The first kappa shape index (κ1) is 12.3. The summed E-state index contributed by atoms with van der Waals surface area (Å²) in [7, 11) is 0. The van der Waals surface area contributed by atoms with Gasteiger partial charge in [-0.1, -0.05) is 20.3 Å². The molecule has 0 aromatic rings. The van der Waals surface area contributed by atoms with E-state index in [0.717, 1.165) is 37.9 Å². The highest BCUT2D eigenvalue weighted by atomic mass is 15.4. The van der Waals surface area contributed by atoms with Crippen molar-refractivity contribution in [2.45, 2.75) is 39.5 Å². The maximum atomic E-state index is 5.51. The van der Waals surface area contributed by atoms with E-state index < -0.39 is 0 Å². The smallest absolute Gasteiger partial charge is 0.208 e. The maximum Gasteiger partial charge on any atom is 0.208 e. The number of hydrazine groups is 1. The molecule has 0 radical (unpaired) electrons. The average Bonchev–Trinajstić information content (AvgIpc) is 2.30. The van der Waals surface area contributed by atoms with Crippen LogP contribution in [0.1, 0.15) is 39.5 Å². The molecule has 1 fully saturated rings. The normalized spacial score (nSPS) is 23.0. The fourth-order valence-electron chi connectivity index (χ4n) is 2.05. The molecule has 1 heterocycles. The molecular formula is C11H24N4. The summed E-state index contributed by atoms with van der Waals surface area (Å²) in [6.45, 7) is 7.43. The van der Waals surface area contributed by atoms with E-state index in [-0.39, 0.29) is 0 Å². The van der Waals surface area contributed by atoms with Gasteiger partial charge in [-0.3, -0.25) is 10.4 Å². The molecule has 1 atom stereocenters. The van der Waals surface area contributed by atoms with Gasteiger partial charge in [-0.2, -0.15) is 0 Å². The Morgan fingerprint density at radius 2 is 2.33 bits per heavy atom. The second kappa shape index (κ2) is 6.67. The Balaban J connectivity index is 2.51. The SMILES string of the molecule is CCCN=C(NN)N1CCCC(CC)C1. The summed E-state index contributed by atoms with van der Waals surface area (Å²) >= 11 is 0. The van der Waals surface area contributed by atoms with Gasteiger partial charge in [0.2, 0.25) is 5.96 Å². The Morgan fingerprint density at radius 3 is 2.93 bits per heavy atom. The summed E-state index contributed by atoms with van der Waals surface area (Å²) in [6.07, 6.45) is 4.92. The number of guanidine groups is 1. The summed E-state index contributed by atoms with van der Waals surface area (Å²) in [4.78, 5) is 6.74. The number of nitrogens with zero attached hydrogens (tertiary/aromatic N) is 2. The van der Waals surface area contributed by atoms with Crippen LogP contribution in [0.25, 0.3) is 0 Å². The second-order valence-electron chi connectivity index (χ2n) is 4.21. The van der Waals surface area contributed by atoms with E-state index in [0.29, 0.717) is 0 Å². The Kier molecular flexibility index (Phi) is 5.47. The molecule has 88 valence electrons. The summed E-state index contributed by atoms with van der Waals surface area (Å²) in [6, 6.07) is 0. The Labute approximate surface area is 92.9 Å². The molecule has 1 aliphatic heterocycles. The van der Waals surface area contributed by atoms with Crippen molar-refractivity contribution in [2.24, 2.45) is 16.8 Å². The van der Waals surface area contributed by atoms with E-state index in [9.17, 15) is 0 Å². The van der Waals surface area contributed by atoms with Gasteiger partial charge < -0.3 is 4.90 Å². The molecule has 0 aromatic heterocycles. The highest BCUT2D eigenvalue weighted by Crippen LogP contribution is 2.18. The van der Waals surface area contributed by atoms with Crippen molar-refractivity contribution in [3.8, 4) is 0 Å². The van der Waals surface area contributed by atoms with E-state index >= 15 is 0 Å². The summed E-state index contributed by atoms with van der Waals surface area (Å²) in [5, 5.41) is 0. The van der Waals surface area contributed by atoms with Crippen molar-refractivity contribution in [2.75, 3.05) is 19.6 Å². The van der Waals surface area contributed by atoms with Crippen LogP contribution in [-0.2, 0) is 0 Å². The molecule has 15 heavy (non-hydrogen) atoms. The lowest BCUT2D eigenvalue weighted by molar-refractivity contribution is 0.247. The van der Waals surface area contributed by atoms with Crippen LogP contribution in [0, 0.1) is 5.92 Å². The monoisotopic (exact) mass is 212 g/mol. The number of nitrogens with one attached hydrogen (secondary N) is 1. The lowest BCUT2D eigenvalue weighted by Gasteiger charge is -2.34. The van der Waals surface area contributed by atoms with Crippen LogP contribution in [0.2, 0.25) is 0 Å². The standard InChI is InChI=1S/C11H24N4/c1-3-7-13-11(14-12)15-8-5-6-10(4-2)9-15/h10H,3-9,12H2,1-2H3,(H,13,14). The second-order valence-corrected chi connectivity index (χ2v) is 4.21. The number of rotatable bonds is 3. The molecule has 0 aliphatic carbocycles. The first-order chi connectivity index (χ1) is 7.31. The van der Waals surface area contributed by atoms with Gasteiger partial charge in [-0.15, -0.1) is 0 Å². The summed E-state index contributed by atoms with van der Waals surface area (Å²) < 4.78 is 0. The van der Waals surface area contributed by atoms with Gasteiger partial charge in [0.1, 0.15) is 0 Å². The number of aliphatic imine (C=N–C) groups is 1. The van der Waals surface area contributed by atoms with Gasteiger partial charge in [0, 0.05) is 19.6 Å². The quantitative estimate of drug-likeness (QED) is 0.321. The third-order valence-corrected chi connectivity index (χ3v) is 3.01. The van der Waals surface area contributed by atoms with Gasteiger partial charge in [-0.25, -0.2) is 5.84 Å². The van der Waals surface area contributed by atoms with Gasteiger partial charge >= 0.3 is 0 Å². The zero-order valence-corrected chi connectivity index (χ0v) is 10.00. The van der Waals surface area contributed by atoms with Crippen LogP contribution in [0.3, 0.4) is 0 Å². The molecule has 0 spiro atoms. The zero-order valence-electron chi connectivity index (χ0n) is 10.00.